The molecule has 2 amide bonds. The van der Waals surface area contributed by atoms with E-state index in [0.29, 0.717) is 30.8 Å². The lowest BCUT2D eigenvalue weighted by Crippen LogP contribution is -2.40. The van der Waals surface area contributed by atoms with Crippen molar-refractivity contribution in [2.45, 2.75) is 33.4 Å². The molecule has 8 heteroatoms. The average Bonchev–Trinajstić information content (AvgIpc) is 2.77. The highest BCUT2D eigenvalue weighted by Gasteiger charge is 2.27. The monoisotopic (exact) mass is 434 g/mol. The van der Waals surface area contributed by atoms with Gasteiger partial charge in [0.2, 0.25) is 5.91 Å². The number of benzene rings is 1. The summed E-state index contributed by atoms with van der Waals surface area (Å²) < 4.78 is 14.8. The highest BCUT2D eigenvalue weighted by molar-refractivity contribution is 5.96. The molecule has 7 nitrogen and oxygen atoms in total. The fraction of sp³-hybridized carbons (Fsp3) is 0.250. The van der Waals surface area contributed by atoms with Crippen molar-refractivity contribution in [1.82, 2.24) is 19.8 Å². The van der Waals surface area contributed by atoms with Crippen LogP contribution in [-0.2, 0) is 24.3 Å². The Bertz CT molecular complexity index is 1250. The van der Waals surface area contributed by atoms with Crippen LogP contribution < -0.4 is 10.9 Å². The van der Waals surface area contributed by atoms with Gasteiger partial charge in [-0.25, -0.2) is 4.39 Å². The molecule has 0 saturated carbocycles. The van der Waals surface area contributed by atoms with E-state index in [1.807, 2.05) is 13.0 Å². The van der Waals surface area contributed by atoms with Crippen LogP contribution in [0.5, 0.6) is 0 Å². The summed E-state index contributed by atoms with van der Waals surface area (Å²) in [6.45, 7) is 4.34. The summed E-state index contributed by atoms with van der Waals surface area (Å²) in [5, 5.41) is 2.83. The van der Waals surface area contributed by atoms with E-state index in [9.17, 15) is 18.8 Å². The largest absolute Gasteiger partial charge is 0.348 e. The maximum absolute atomic E-state index is 13.4. The van der Waals surface area contributed by atoms with Crippen LogP contribution in [0, 0.1) is 12.7 Å². The van der Waals surface area contributed by atoms with Gasteiger partial charge in [-0.1, -0.05) is 0 Å². The summed E-state index contributed by atoms with van der Waals surface area (Å²) in [4.78, 5) is 44.3. The Kier molecular flexibility index (Phi) is 5.85. The molecule has 0 aliphatic carbocycles. The predicted molar refractivity (Wildman–Crippen MR) is 117 cm³/mol. The normalized spacial score (nSPS) is 12.9. The minimum atomic E-state index is -0.478. The van der Waals surface area contributed by atoms with E-state index in [4.69, 9.17) is 0 Å². The highest BCUT2D eigenvalue weighted by atomic mass is 19.1. The number of halogens is 1. The van der Waals surface area contributed by atoms with Gasteiger partial charge in [-0.05, 0) is 66.4 Å². The van der Waals surface area contributed by atoms with E-state index >= 15 is 0 Å². The molecule has 1 aliphatic rings. The molecule has 2 aromatic heterocycles. The summed E-state index contributed by atoms with van der Waals surface area (Å²) in [5.74, 6) is -0.976. The second kappa shape index (κ2) is 8.74. The van der Waals surface area contributed by atoms with Crippen LogP contribution in [0.15, 0.2) is 53.6 Å². The van der Waals surface area contributed by atoms with Gasteiger partial charge < -0.3 is 10.2 Å². The molecule has 0 bridgehead atoms. The van der Waals surface area contributed by atoms with Crippen molar-refractivity contribution in [3.8, 4) is 5.69 Å². The van der Waals surface area contributed by atoms with Crippen LogP contribution in [0.25, 0.3) is 5.69 Å². The predicted octanol–water partition coefficient (Wildman–Crippen LogP) is 2.51. The Morgan fingerprint density at radius 3 is 2.62 bits per heavy atom. The number of carbonyl (C=O) groups is 2. The number of aromatic nitrogens is 2. The van der Waals surface area contributed by atoms with E-state index in [2.05, 4.69) is 10.3 Å². The first kappa shape index (κ1) is 21.4. The summed E-state index contributed by atoms with van der Waals surface area (Å²) in [7, 11) is 0. The van der Waals surface area contributed by atoms with Gasteiger partial charge in [-0.15, -0.1) is 0 Å². The smallest absolute Gasteiger partial charge is 0.268 e. The van der Waals surface area contributed by atoms with Crippen LogP contribution in [-0.4, -0.2) is 32.8 Å². The van der Waals surface area contributed by atoms with Gasteiger partial charge in [0.25, 0.3) is 11.5 Å². The Morgan fingerprint density at radius 2 is 1.94 bits per heavy atom. The highest BCUT2D eigenvalue weighted by Crippen LogP contribution is 2.22. The van der Waals surface area contributed by atoms with Crippen molar-refractivity contribution in [3.63, 3.8) is 0 Å². The standard InChI is InChI=1S/C24H23FN4O3/c1-15-11-17(7-9-26-15)12-27-23(31)22-21-8-10-28(16(2)30)13-18(21)14-29(24(22)32)20-5-3-19(25)4-6-20/h3-7,9,11,14H,8,10,12-13H2,1-2H3,(H,27,31). The quantitative estimate of drug-likeness (QED) is 0.684. The molecular weight excluding hydrogens is 411 g/mol. The molecule has 164 valence electrons. The first-order valence-corrected chi connectivity index (χ1v) is 10.3. The lowest BCUT2D eigenvalue weighted by Gasteiger charge is -2.29. The van der Waals surface area contributed by atoms with Gasteiger partial charge in [-0.2, -0.15) is 0 Å². The zero-order chi connectivity index (χ0) is 22.8. The maximum Gasteiger partial charge on any atom is 0.268 e. The molecule has 0 radical (unpaired) electrons. The number of hydrogen-bond donors (Lipinski definition) is 1. The topological polar surface area (TPSA) is 84.3 Å². The van der Waals surface area contributed by atoms with Gasteiger partial charge in [0.05, 0.1) is 0 Å². The molecule has 1 N–H and O–H groups in total. The Morgan fingerprint density at radius 1 is 1.19 bits per heavy atom. The number of fused-ring (bicyclic) bond motifs is 1. The molecule has 0 spiro atoms. The van der Waals surface area contributed by atoms with Crippen molar-refractivity contribution < 1.29 is 14.0 Å². The van der Waals surface area contributed by atoms with Crippen LogP contribution in [0.4, 0.5) is 4.39 Å². The second-order valence-electron chi connectivity index (χ2n) is 7.84. The summed E-state index contributed by atoms with van der Waals surface area (Å²) in [6, 6.07) is 9.15. The van der Waals surface area contributed by atoms with Crippen molar-refractivity contribution in [1.29, 1.82) is 0 Å². The zero-order valence-electron chi connectivity index (χ0n) is 17.9. The van der Waals surface area contributed by atoms with Gasteiger partial charge in [0.1, 0.15) is 11.4 Å². The molecule has 0 atom stereocenters. The van der Waals surface area contributed by atoms with E-state index in [0.717, 1.165) is 16.8 Å². The molecule has 3 aromatic rings. The molecular formula is C24H23FN4O3. The minimum Gasteiger partial charge on any atom is -0.348 e. The second-order valence-corrected chi connectivity index (χ2v) is 7.84. The Balaban J connectivity index is 1.76. The number of nitrogens with one attached hydrogen (secondary N) is 1. The van der Waals surface area contributed by atoms with E-state index in [-0.39, 0.29) is 18.0 Å². The first-order chi connectivity index (χ1) is 15.3. The average molecular weight is 434 g/mol. The van der Waals surface area contributed by atoms with Gasteiger partial charge in [0.15, 0.2) is 0 Å². The van der Waals surface area contributed by atoms with Gasteiger partial charge >= 0.3 is 0 Å². The number of nitrogens with zero attached hydrogens (tertiary/aromatic N) is 3. The minimum absolute atomic E-state index is 0.0563. The van der Waals surface area contributed by atoms with E-state index in [1.165, 1.54) is 35.8 Å². The number of carbonyl (C=O) groups excluding carboxylic acids is 2. The van der Waals surface area contributed by atoms with Gasteiger partial charge in [0, 0.05) is 50.3 Å². The van der Waals surface area contributed by atoms with Crippen LogP contribution in [0.3, 0.4) is 0 Å². The van der Waals surface area contributed by atoms with Crippen molar-refractivity contribution in [2.24, 2.45) is 0 Å². The number of amides is 2. The molecule has 0 fully saturated rings. The van der Waals surface area contributed by atoms with E-state index < -0.39 is 17.3 Å². The molecule has 1 aliphatic heterocycles. The molecule has 32 heavy (non-hydrogen) atoms. The van der Waals surface area contributed by atoms with Crippen LogP contribution >= 0.6 is 0 Å². The summed E-state index contributed by atoms with van der Waals surface area (Å²) in [6.07, 6.45) is 3.72. The molecule has 4 rings (SSSR count). The van der Waals surface area contributed by atoms with Crippen LogP contribution in [0.2, 0.25) is 0 Å². The Hall–Kier alpha value is -3.81. The molecule has 0 saturated heterocycles. The third-order valence-electron chi connectivity index (χ3n) is 5.59. The first-order valence-electron chi connectivity index (χ1n) is 10.3. The lowest BCUT2D eigenvalue weighted by atomic mass is 9.95. The Labute approximate surface area is 184 Å². The van der Waals surface area contributed by atoms with E-state index in [1.54, 1.807) is 23.4 Å². The third kappa shape index (κ3) is 4.30. The number of rotatable bonds is 4. The fourth-order valence-corrected chi connectivity index (χ4v) is 3.94. The maximum atomic E-state index is 13.4. The van der Waals surface area contributed by atoms with Crippen molar-refractivity contribution >= 4 is 11.8 Å². The van der Waals surface area contributed by atoms with Gasteiger partial charge in [-0.3, -0.25) is 23.9 Å². The fourth-order valence-electron chi connectivity index (χ4n) is 3.94. The molecule has 0 unspecified atom stereocenters. The molecule has 1 aromatic carbocycles. The van der Waals surface area contributed by atoms with Crippen molar-refractivity contribution in [3.05, 3.63) is 92.9 Å². The van der Waals surface area contributed by atoms with Crippen LogP contribution in [0.1, 0.15) is 39.7 Å². The lowest BCUT2D eigenvalue weighted by molar-refractivity contribution is -0.129. The van der Waals surface area contributed by atoms with Crippen molar-refractivity contribution in [2.75, 3.05) is 6.54 Å². The third-order valence-corrected chi connectivity index (χ3v) is 5.59. The molecule has 3 heterocycles. The number of pyridine rings is 2. The number of hydrogen-bond acceptors (Lipinski definition) is 4. The SMILES string of the molecule is CC(=O)N1CCc2c(cn(-c3ccc(F)cc3)c(=O)c2C(=O)NCc2ccnc(C)c2)C1. The summed E-state index contributed by atoms with van der Waals surface area (Å²) in [5.41, 5.74) is 3.09. The summed E-state index contributed by atoms with van der Waals surface area (Å²) >= 11 is 0. The zero-order valence-corrected chi connectivity index (χ0v) is 17.9. The number of aryl methyl sites for hydroxylation is 1.